The monoisotopic (exact) mass is 317 g/mol. The molecule has 1 aromatic carbocycles. The fourth-order valence-corrected chi connectivity index (χ4v) is 4.48. The number of anilines is 1. The summed E-state index contributed by atoms with van der Waals surface area (Å²) in [4.78, 5) is 2.80. The Morgan fingerprint density at radius 2 is 2.00 bits per heavy atom. The molecule has 1 heterocycles. The molecular formula is C15H18ClF2NS. The molecule has 1 aliphatic heterocycles. The molecule has 5 heteroatoms. The molecule has 0 aromatic heterocycles. The predicted molar refractivity (Wildman–Crippen MR) is 81.3 cm³/mol. The number of thioether (sulfide) groups is 1. The molecule has 2 aliphatic rings. The van der Waals surface area contributed by atoms with Gasteiger partial charge >= 0.3 is 0 Å². The highest BCUT2D eigenvalue weighted by atomic mass is 35.5. The van der Waals surface area contributed by atoms with E-state index in [1.807, 2.05) is 30.0 Å². The first kappa shape index (κ1) is 14.5. The Balaban J connectivity index is 1.70. The molecule has 20 heavy (non-hydrogen) atoms. The highest BCUT2D eigenvalue weighted by Gasteiger charge is 2.38. The van der Waals surface area contributed by atoms with Crippen LogP contribution in [-0.2, 0) is 0 Å². The molecule has 1 saturated heterocycles. The van der Waals surface area contributed by atoms with Gasteiger partial charge in [-0.05, 0) is 31.0 Å². The summed E-state index contributed by atoms with van der Waals surface area (Å²) in [5.74, 6) is -2.57. The fourth-order valence-electron chi connectivity index (χ4n) is 2.92. The maximum atomic E-state index is 13.3. The van der Waals surface area contributed by atoms with E-state index in [4.69, 9.17) is 11.6 Å². The van der Waals surface area contributed by atoms with Crippen LogP contribution in [0.25, 0.3) is 0 Å². The van der Waals surface area contributed by atoms with Crippen molar-refractivity contribution in [1.82, 2.24) is 0 Å². The minimum atomic E-state index is -2.57. The Bertz CT molecular complexity index is 489. The van der Waals surface area contributed by atoms with Crippen molar-refractivity contribution in [1.29, 1.82) is 0 Å². The number of halogens is 3. The van der Waals surface area contributed by atoms with Crippen molar-refractivity contribution in [3.63, 3.8) is 0 Å². The van der Waals surface area contributed by atoms with Crippen molar-refractivity contribution in [3.8, 4) is 0 Å². The van der Waals surface area contributed by atoms with Crippen molar-refractivity contribution in [2.24, 2.45) is 0 Å². The molecular weight excluding hydrogens is 300 g/mol. The Labute approximate surface area is 127 Å². The van der Waals surface area contributed by atoms with E-state index in [2.05, 4.69) is 0 Å². The summed E-state index contributed by atoms with van der Waals surface area (Å²) in [6.07, 6.45) is 5.04. The normalized spacial score (nSPS) is 22.6. The average molecular weight is 318 g/mol. The Hall–Kier alpha value is -0.480. The Morgan fingerprint density at radius 3 is 2.60 bits per heavy atom. The molecule has 0 N–H and O–H groups in total. The van der Waals surface area contributed by atoms with Gasteiger partial charge < -0.3 is 4.90 Å². The second-order valence-corrected chi connectivity index (χ2v) is 7.42. The lowest BCUT2D eigenvalue weighted by molar-refractivity contribution is 0.0257. The van der Waals surface area contributed by atoms with Crippen molar-refractivity contribution in [3.05, 3.63) is 23.2 Å². The van der Waals surface area contributed by atoms with Crippen LogP contribution in [0.3, 0.4) is 0 Å². The van der Waals surface area contributed by atoms with Crippen molar-refractivity contribution in [2.45, 2.75) is 48.2 Å². The van der Waals surface area contributed by atoms with E-state index in [1.165, 1.54) is 25.7 Å². The maximum absolute atomic E-state index is 13.3. The van der Waals surface area contributed by atoms with Crippen molar-refractivity contribution in [2.75, 3.05) is 18.0 Å². The summed E-state index contributed by atoms with van der Waals surface area (Å²) in [6, 6.07) is 5.74. The van der Waals surface area contributed by atoms with Gasteiger partial charge in [0.15, 0.2) is 0 Å². The van der Waals surface area contributed by atoms with Crippen molar-refractivity contribution >= 4 is 29.1 Å². The van der Waals surface area contributed by atoms with E-state index in [9.17, 15) is 8.78 Å². The zero-order chi connectivity index (χ0) is 14.2. The van der Waals surface area contributed by atoms with E-state index in [0.29, 0.717) is 16.8 Å². The molecule has 1 saturated carbocycles. The second-order valence-electron chi connectivity index (χ2n) is 5.67. The van der Waals surface area contributed by atoms with Gasteiger partial charge in [0.2, 0.25) is 0 Å². The first-order chi connectivity index (χ1) is 9.53. The Morgan fingerprint density at radius 1 is 1.25 bits per heavy atom. The van der Waals surface area contributed by atoms with Gasteiger partial charge in [-0.2, -0.15) is 0 Å². The zero-order valence-corrected chi connectivity index (χ0v) is 12.8. The number of nitrogens with zero attached hydrogens (tertiary/aromatic N) is 1. The molecule has 0 bridgehead atoms. The number of alkyl halides is 2. The van der Waals surface area contributed by atoms with E-state index in [1.54, 1.807) is 4.90 Å². The maximum Gasteiger partial charge on any atom is 0.266 e. The fraction of sp³-hybridized carbons (Fsp3) is 0.600. The summed E-state index contributed by atoms with van der Waals surface area (Å²) in [7, 11) is 0. The molecule has 0 radical (unpaired) electrons. The van der Waals surface area contributed by atoms with E-state index < -0.39 is 5.92 Å². The quantitative estimate of drug-likeness (QED) is 0.752. The minimum Gasteiger partial charge on any atom is -0.365 e. The number of benzene rings is 1. The average Bonchev–Trinajstić information content (AvgIpc) is 3.01. The van der Waals surface area contributed by atoms with E-state index in [0.717, 1.165) is 10.6 Å². The van der Waals surface area contributed by atoms with Gasteiger partial charge in [0.1, 0.15) is 0 Å². The van der Waals surface area contributed by atoms with Gasteiger partial charge in [-0.15, -0.1) is 11.8 Å². The van der Waals surface area contributed by atoms with Crippen LogP contribution in [0.4, 0.5) is 14.5 Å². The van der Waals surface area contributed by atoms with Crippen LogP contribution < -0.4 is 4.90 Å². The summed E-state index contributed by atoms with van der Waals surface area (Å²) < 4.78 is 26.5. The standard InChI is InChI=1S/C15H18ClF2NS/c16-13-9-11(19-8-7-15(17,18)10-19)5-6-14(13)20-12-3-1-2-4-12/h5-6,9,12H,1-4,7-8,10H2. The largest absolute Gasteiger partial charge is 0.365 e. The lowest BCUT2D eigenvalue weighted by Gasteiger charge is -2.19. The molecule has 0 amide bonds. The van der Waals surface area contributed by atoms with Gasteiger partial charge in [0.25, 0.3) is 5.92 Å². The highest BCUT2D eigenvalue weighted by molar-refractivity contribution is 8.00. The van der Waals surface area contributed by atoms with Gasteiger partial charge in [0.05, 0.1) is 11.6 Å². The highest BCUT2D eigenvalue weighted by Crippen LogP contribution is 2.40. The number of hydrogen-bond donors (Lipinski definition) is 0. The first-order valence-corrected chi connectivity index (χ1v) is 8.38. The van der Waals surface area contributed by atoms with Gasteiger partial charge in [-0.3, -0.25) is 0 Å². The summed E-state index contributed by atoms with van der Waals surface area (Å²) in [5.41, 5.74) is 0.808. The zero-order valence-electron chi connectivity index (χ0n) is 11.2. The third-order valence-electron chi connectivity index (χ3n) is 4.05. The molecule has 0 unspecified atom stereocenters. The van der Waals surface area contributed by atoms with Crippen LogP contribution >= 0.6 is 23.4 Å². The minimum absolute atomic E-state index is 0.0663. The predicted octanol–water partition coefficient (Wildman–Crippen LogP) is 5.22. The van der Waals surface area contributed by atoms with Gasteiger partial charge in [0, 0.05) is 28.8 Å². The van der Waals surface area contributed by atoms with Crippen LogP contribution in [0.2, 0.25) is 5.02 Å². The van der Waals surface area contributed by atoms with Crippen molar-refractivity contribution < 1.29 is 8.78 Å². The van der Waals surface area contributed by atoms with Gasteiger partial charge in [-0.25, -0.2) is 8.78 Å². The smallest absolute Gasteiger partial charge is 0.266 e. The van der Waals surface area contributed by atoms with Crippen LogP contribution in [0.15, 0.2) is 23.1 Å². The molecule has 1 nitrogen and oxygen atoms in total. The number of rotatable bonds is 3. The molecule has 0 atom stereocenters. The van der Waals surface area contributed by atoms with Crippen LogP contribution in [0.1, 0.15) is 32.1 Å². The third kappa shape index (κ3) is 3.22. The molecule has 1 aliphatic carbocycles. The van der Waals surface area contributed by atoms with E-state index >= 15 is 0 Å². The van der Waals surface area contributed by atoms with Gasteiger partial charge in [-0.1, -0.05) is 24.4 Å². The molecule has 3 rings (SSSR count). The lowest BCUT2D eigenvalue weighted by Crippen LogP contribution is -2.24. The number of hydrogen-bond acceptors (Lipinski definition) is 2. The lowest BCUT2D eigenvalue weighted by atomic mass is 10.3. The van der Waals surface area contributed by atoms with Crippen LogP contribution in [0.5, 0.6) is 0 Å². The summed E-state index contributed by atoms with van der Waals surface area (Å²) in [6.45, 7) is 0.205. The topological polar surface area (TPSA) is 3.24 Å². The molecule has 1 aromatic rings. The van der Waals surface area contributed by atoms with Crippen LogP contribution in [0, 0.1) is 0 Å². The molecule has 0 spiro atoms. The SMILES string of the molecule is FC1(F)CCN(c2ccc(SC3CCCC3)c(Cl)c2)C1. The summed E-state index contributed by atoms with van der Waals surface area (Å²) in [5, 5.41) is 1.35. The summed E-state index contributed by atoms with van der Waals surface area (Å²) >= 11 is 8.15. The third-order valence-corrected chi connectivity index (χ3v) is 5.89. The van der Waals surface area contributed by atoms with Crippen LogP contribution in [-0.4, -0.2) is 24.3 Å². The molecule has 2 fully saturated rings. The molecule has 110 valence electrons. The Kier molecular flexibility index (Phi) is 4.14. The second kappa shape index (κ2) is 5.72. The van der Waals surface area contributed by atoms with E-state index in [-0.39, 0.29) is 13.0 Å². The first-order valence-electron chi connectivity index (χ1n) is 7.12.